The maximum absolute atomic E-state index is 5.68. The Morgan fingerprint density at radius 3 is 2.58 bits per heavy atom. The average Bonchev–Trinajstić information content (AvgIpc) is 3.30. The molecule has 2 aromatic heterocycles. The van der Waals surface area contributed by atoms with Crippen LogP contribution in [0.3, 0.4) is 0 Å². The lowest BCUT2D eigenvalue weighted by Gasteiger charge is -2.32. The minimum atomic E-state index is 0.271. The SMILES string of the molecule is C/C(=N/Oc1ncnc(N2CCC(c3nc(C(C)C)no3)CC2)c1C)c1ccccc1. The van der Waals surface area contributed by atoms with Crippen LogP contribution >= 0.6 is 0 Å². The van der Waals surface area contributed by atoms with Gasteiger partial charge >= 0.3 is 0 Å². The Kier molecular flexibility index (Phi) is 6.25. The molecule has 1 aliphatic rings. The van der Waals surface area contributed by atoms with E-state index < -0.39 is 0 Å². The van der Waals surface area contributed by atoms with Crippen LogP contribution in [0.2, 0.25) is 0 Å². The molecule has 3 aromatic rings. The van der Waals surface area contributed by atoms with Gasteiger partial charge in [0.1, 0.15) is 12.1 Å². The second-order valence-corrected chi connectivity index (χ2v) is 8.17. The average molecular weight is 421 g/mol. The van der Waals surface area contributed by atoms with Crippen molar-refractivity contribution < 1.29 is 9.36 Å². The highest BCUT2D eigenvalue weighted by Crippen LogP contribution is 2.32. The molecule has 0 aliphatic carbocycles. The highest BCUT2D eigenvalue weighted by atomic mass is 16.6. The summed E-state index contributed by atoms with van der Waals surface area (Å²) >= 11 is 0. The van der Waals surface area contributed by atoms with Crippen LogP contribution in [0.25, 0.3) is 0 Å². The minimum Gasteiger partial charge on any atom is -0.356 e. The van der Waals surface area contributed by atoms with E-state index in [0.29, 0.717) is 5.88 Å². The number of hydrogen-bond acceptors (Lipinski definition) is 8. The first-order valence-electron chi connectivity index (χ1n) is 10.7. The third kappa shape index (κ3) is 4.73. The van der Waals surface area contributed by atoms with Crippen LogP contribution in [0, 0.1) is 6.92 Å². The summed E-state index contributed by atoms with van der Waals surface area (Å²) in [4.78, 5) is 21.3. The minimum absolute atomic E-state index is 0.271. The van der Waals surface area contributed by atoms with E-state index in [2.05, 4.69) is 44.0 Å². The van der Waals surface area contributed by atoms with Crippen LogP contribution in [-0.2, 0) is 0 Å². The van der Waals surface area contributed by atoms with E-state index in [-0.39, 0.29) is 11.8 Å². The summed E-state index contributed by atoms with van der Waals surface area (Å²) in [6.45, 7) is 9.73. The van der Waals surface area contributed by atoms with Crippen molar-refractivity contribution in [3.05, 3.63) is 59.5 Å². The van der Waals surface area contributed by atoms with Crippen LogP contribution in [0.15, 0.2) is 46.3 Å². The predicted molar refractivity (Wildman–Crippen MR) is 119 cm³/mol. The number of hydrogen-bond donors (Lipinski definition) is 0. The molecule has 4 rings (SSSR count). The smallest absolute Gasteiger partial charge is 0.256 e. The largest absolute Gasteiger partial charge is 0.356 e. The molecular weight excluding hydrogens is 392 g/mol. The van der Waals surface area contributed by atoms with Crippen LogP contribution in [-0.4, -0.2) is 38.9 Å². The second kappa shape index (κ2) is 9.24. The standard InChI is InChI=1S/C23H28N6O2/c1-15(2)20-26-23(31-28-20)19-10-12-29(13-11-19)21-16(3)22(25-14-24-21)30-27-17(4)18-8-6-5-7-9-18/h5-9,14-15,19H,10-13H2,1-4H3/b27-17-. The molecule has 1 fully saturated rings. The van der Waals surface area contributed by atoms with E-state index in [1.54, 1.807) is 0 Å². The van der Waals surface area contributed by atoms with Crippen molar-refractivity contribution in [1.82, 2.24) is 20.1 Å². The van der Waals surface area contributed by atoms with E-state index in [4.69, 9.17) is 9.36 Å². The van der Waals surface area contributed by atoms with Crippen molar-refractivity contribution in [1.29, 1.82) is 0 Å². The second-order valence-electron chi connectivity index (χ2n) is 8.17. The number of nitrogens with zero attached hydrogens (tertiary/aromatic N) is 6. The van der Waals surface area contributed by atoms with Gasteiger partial charge in [0.05, 0.1) is 11.3 Å². The highest BCUT2D eigenvalue weighted by Gasteiger charge is 2.27. The van der Waals surface area contributed by atoms with E-state index in [0.717, 1.165) is 60.3 Å². The van der Waals surface area contributed by atoms with Crippen LogP contribution in [0.4, 0.5) is 5.82 Å². The maximum atomic E-state index is 5.68. The normalized spacial score (nSPS) is 15.5. The molecule has 0 N–H and O–H groups in total. The molecule has 0 bridgehead atoms. The van der Waals surface area contributed by atoms with Gasteiger partial charge in [-0.05, 0) is 32.3 Å². The summed E-state index contributed by atoms with van der Waals surface area (Å²) in [5.74, 6) is 3.43. The fraction of sp³-hybridized carbons (Fsp3) is 0.435. The quantitative estimate of drug-likeness (QED) is 0.429. The van der Waals surface area contributed by atoms with Crippen molar-refractivity contribution in [2.45, 2.75) is 52.4 Å². The molecule has 0 spiro atoms. The topological polar surface area (TPSA) is 89.5 Å². The van der Waals surface area contributed by atoms with Gasteiger partial charge in [-0.1, -0.05) is 54.5 Å². The monoisotopic (exact) mass is 420 g/mol. The molecule has 3 heterocycles. The molecule has 0 saturated carbocycles. The van der Waals surface area contributed by atoms with Gasteiger partial charge in [-0.15, -0.1) is 0 Å². The molecule has 0 amide bonds. The van der Waals surface area contributed by atoms with Crippen molar-refractivity contribution in [2.24, 2.45) is 5.16 Å². The fourth-order valence-corrected chi connectivity index (χ4v) is 3.67. The molecule has 1 saturated heterocycles. The first-order chi connectivity index (χ1) is 15.0. The molecule has 8 nitrogen and oxygen atoms in total. The van der Waals surface area contributed by atoms with Crippen LogP contribution in [0.5, 0.6) is 5.88 Å². The molecule has 162 valence electrons. The van der Waals surface area contributed by atoms with E-state index >= 15 is 0 Å². The molecule has 8 heteroatoms. The van der Waals surface area contributed by atoms with E-state index in [1.165, 1.54) is 6.33 Å². The molecule has 0 radical (unpaired) electrons. The first kappa shape index (κ1) is 21.0. The van der Waals surface area contributed by atoms with Crippen molar-refractivity contribution in [3.63, 3.8) is 0 Å². The number of benzene rings is 1. The lowest BCUT2D eigenvalue weighted by atomic mass is 9.96. The van der Waals surface area contributed by atoms with Crippen molar-refractivity contribution >= 4 is 11.5 Å². The predicted octanol–water partition coefficient (Wildman–Crippen LogP) is 4.48. The highest BCUT2D eigenvalue weighted by molar-refractivity contribution is 5.98. The Labute approximate surface area is 182 Å². The Morgan fingerprint density at radius 2 is 1.90 bits per heavy atom. The third-order valence-electron chi connectivity index (χ3n) is 5.59. The van der Waals surface area contributed by atoms with Gasteiger partial charge in [-0.25, -0.2) is 4.98 Å². The number of piperidine rings is 1. The molecule has 31 heavy (non-hydrogen) atoms. The lowest BCUT2D eigenvalue weighted by molar-refractivity contribution is 0.321. The van der Waals surface area contributed by atoms with Gasteiger partial charge < -0.3 is 14.3 Å². The summed E-state index contributed by atoms with van der Waals surface area (Å²) in [6.07, 6.45) is 3.40. The molecule has 1 aliphatic heterocycles. The van der Waals surface area contributed by atoms with E-state index in [9.17, 15) is 0 Å². The maximum Gasteiger partial charge on any atom is 0.256 e. The van der Waals surface area contributed by atoms with Crippen molar-refractivity contribution in [2.75, 3.05) is 18.0 Å². The number of aromatic nitrogens is 4. The van der Waals surface area contributed by atoms with Gasteiger partial charge in [-0.2, -0.15) is 9.97 Å². The van der Waals surface area contributed by atoms with Gasteiger partial charge in [0.25, 0.3) is 5.88 Å². The van der Waals surface area contributed by atoms with Gasteiger partial charge in [0.2, 0.25) is 5.89 Å². The summed E-state index contributed by atoms with van der Waals surface area (Å²) < 4.78 is 5.50. The first-order valence-corrected chi connectivity index (χ1v) is 10.7. The number of anilines is 1. The Bertz CT molecular complexity index is 1040. The number of oxime groups is 1. The molecule has 0 atom stereocenters. The molecular formula is C23H28N6O2. The summed E-state index contributed by atoms with van der Waals surface area (Å²) in [6, 6.07) is 9.92. The fourth-order valence-electron chi connectivity index (χ4n) is 3.67. The van der Waals surface area contributed by atoms with Gasteiger partial charge in [-0.3, -0.25) is 0 Å². The van der Waals surface area contributed by atoms with Crippen LogP contribution in [0.1, 0.15) is 68.3 Å². The van der Waals surface area contributed by atoms with E-state index in [1.807, 2.05) is 44.2 Å². The van der Waals surface area contributed by atoms with Crippen molar-refractivity contribution in [3.8, 4) is 5.88 Å². The zero-order valence-electron chi connectivity index (χ0n) is 18.4. The summed E-state index contributed by atoms with van der Waals surface area (Å²) in [7, 11) is 0. The lowest BCUT2D eigenvalue weighted by Crippen LogP contribution is -2.34. The third-order valence-corrected chi connectivity index (χ3v) is 5.59. The molecule has 1 aromatic carbocycles. The Balaban J connectivity index is 1.42. The zero-order valence-corrected chi connectivity index (χ0v) is 18.4. The van der Waals surface area contributed by atoms with Crippen LogP contribution < -0.4 is 9.74 Å². The Hall–Kier alpha value is -3.29. The number of rotatable bonds is 6. The van der Waals surface area contributed by atoms with Gasteiger partial charge in [0.15, 0.2) is 5.82 Å². The Morgan fingerprint density at radius 1 is 1.16 bits per heavy atom. The molecule has 0 unspecified atom stereocenters. The van der Waals surface area contributed by atoms with Gasteiger partial charge in [0, 0.05) is 24.9 Å². The zero-order chi connectivity index (χ0) is 21.8. The summed E-state index contributed by atoms with van der Waals surface area (Å²) in [5, 5.41) is 8.36. The summed E-state index contributed by atoms with van der Waals surface area (Å²) in [5.41, 5.74) is 2.69.